The quantitative estimate of drug-likeness (QED) is 0.871. The number of benzene rings is 2. The third-order valence-electron chi connectivity index (χ3n) is 3.97. The maximum atomic E-state index is 11.4. The number of anilines is 2. The molecule has 3 rings (SSSR count). The van der Waals surface area contributed by atoms with Gasteiger partial charge in [0.15, 0.2) is 0 Å². The molecule has 110 valence electrons. The highest BCUT2D eigenvalue weighted by atomic mass is 32.2. The minimum Gasteiger partial charge on any atom is -0.371 e. The van der Waals surface area contributed by atoms with Crippen molar-refractivity contribution in [3.8, 4) is 0 Å². The van der Waals surface area contributed by atoms with E-state index in [0.29, 0.717) is 0 Å². The molecule has 0 aliphatic carbocycles. The molecule has 21 heavy (non-hydrogen) atoms. The molecule has 1 heterocycles. The van der Waals surface area contributed by atoms with E-state index in [1.165, 1.54) is 16.9 Å². The Hall–Kier alpha value is -1.81. The Labute approximate surface area is 128 Å². The van der Waals surface area contributed by atoms with E-state index >= 15 is 0 Å². The van der Waals surface area contributed by atoms with E-state index in [4.69, 9.17) is 0 Å². The molecule has 0 saturated carbocycles. The normalized spacial score (nSPS) is 15.7. The van der Waals surface area contributed by atoms with Crippen LogP contribution in [0.2, 0.25) is 0 Å². The second-order valence-corrected chi connectivity index (χ2v) is 6.81. The summed E-state index contributed by atoms with van der Waals surface area (Å²) in [7, 11) is 1.24. The van der Waals surface area contributed by atoms with Crippen molar-refractivity contribution in [3.63, 3.8) is 0 Å². The zero-order valence-electron chi connectivity index (χ0n) is 12.5. The van der Waals surface area contributed by atoms with Crippen molar-refractivity contribution in [1.82, 2.24) is 0 Å². The molecule has 0 unspecified atom stereocenters. The number of hydrogen-bond donors (Lipinski definition) is 0. The van der Waals surface area contributed by atoms with Crippen molar-refractivity contribution >= 4 is 22.2 Å². The summed E-state index contributed by atoms with van der Waals surface area (Å²) >= 11 is 0. The lowest BCUT2D eigenvalue weighted by atomic mass is 10.1. The first kappa shape index (κ1) is 14.1. The van der Waals surface area contributed by atoms with Crippen LogP contribution in [-0.4, -0.2) is 30.6 Å². The van der Waals surface area contributed by atoms with E-state index in [2.05, 4.69) is 53.2 Å². The Kier molecular flexibility index (Phi) is 3.97. The summed E-state index contributed by atoms with van der Waals surface area (Å²) in [5, 5.41) is 0. The van der Waals surface area contributed by atoms with E-state index in [1.807, 2.05) is 12.1 Å². The zero-order chi connectivity index (χ0) is 14.8. The second kappa shape index (κ2) is 5.90. The number of rotatable bonds is 3. The van der Waals surface area contributed by atoms with Gasteiger partial charge in [-0.1, -0.05) is 24.3 Å². The van der Waals surface area contributed by atoms with Crippen LogP contribution in [-0.2, 0) is 17.3 Å². The molecule has 1 aliphatic rings. The first-order valence-electron chi connectivity index (χ1n) is 7.12. The highest BCUT2D eigenvalue weighted by molar-refractivity contribution is 7.84. The molecule has 2 aromatic rings. The fourth-order valence-corrected chi connectivity index (χ4v) is 3.26. The van der Waals surface area contributed by atoms with Gasteiger partial charge >= 0.3 is 0 Å². The topological polar surface area (TPSA) is 23.6 Å². The van der Waals surface area contributed by atoms with Crippen molar-refractivity contribution in [2.24, 2.45) is 0 Å². The molecular weight excluding hydrogens is 280 g/mol. The first-order chi connectivity index (χ1) is 10.1. The third-order valence-corrected chi connectivity index (χ3v) is 4.90. The predicted molar refractivity (Wildman–Crippen MR) is 89.5 cm³/mol. The molecule has 0 aromatic heterocycles. The maximum Gasteiger partial charge on any atom is 0.0607 e. The maximum absolute atomic E-state index is 11.4. The van der Waals surface area contributed by atoms with Gasteiger partial charge in [-0.05, 0) is 29.8 Å². The fourth-order valence-electron chi connectivity index (χ4n) is 2.74. The third kappa shape index (κ3) is 2.95. The number of hydrogen-bond acceptors (Lipinski definition) is 3. The summed E-state index contributed by atoms with van der Waals surface area (Å²) in [5.41, 5.74) is 3.83. The molecule has 0 amide bonds. The number of para-hydroxylation sites is 2. The lowest BCUT2D eigenvalue weighted by Crippen LogP contribution is -2.38. The van der Waals surface area contributed by atoms with Gasteiger partial charge in [0, 0.05) is 48.6 Å². The van der Waals surface area contributed by atoms with Crippen LogP contribution in [0.1, 0.15) is 5.56 Å². The smallest absolute Gasteiger partial charge is 0.0607 e. The monoisotopic (exact) mass is 300 g/mol. The molecule has 2 aromatic carbocycles. The lowest BCUT2D eigenvalue weighted by molar-refractivity contribution is 0.686. The van der Waals surface area contributed by atoms with Gasteiger partial charge in [-0.2, -0.15) is 0 Å². The van der Waals surface area contributed by atoms with Crippen LogP contribution in [0.5, 0.6) is 0 Å². The van der Waals surface area contributed by atoms with E-state index in [9.17, 15) is 4.21 Å². The molecule has 4 heteroatoms. The highest BCUT2D eigenvalue weighted by Gasteiger charge is 2.19. The molecule has 0 bridgehead atoms. The second-order valence-electron chi connectivity index (χ2n) is 5.43. The summed E-state index contributed by atoms with van der Waals surface area (Å²) in [6.45, 7) is 2.95. The predicted octanol–water partition coefficient (Wildman–Crippen LogP) is 2.88. The average Bonchev–Trinajstić information content (AvgIpc) is 2.51. The zero-order valence-corrected chi connectivity index (χ0v) is 13.3. The van der Waals surface area contributed by atoms with Crippen LogP contribution >= 0.6 is 0 Å². The lowest BCUT2D eigenvalue weighted by Gasteiger charge is -2.37. The molecule has 0 spiro atoms. The summed E-state index contributed by atoms with van der Waals surface area (Å²) in [6, 6.07) is 16.6. The van der Waals surface area contributed by atoms with Gasteiger partial charge in [0.1, 0.15) is 0 Å². The molecule has 0 radical (unpaired) electrons. The van der Waals surface area contributed by atoms with Crippen LogP contribution in [0.25, 0.3) is 0 Å². The molecule has 0 N–H and O–H groups in total. The highest BCUT2D eigenvalue weighted by Crippen LogP contribution is 2.32. The molecule has 1 aliphatic heterocycles. The van der Waals surface area contributed by atoms with Crippen molar-refractivity contribution in [3.05, 3.63) is 54.1 Å². The van der Waals surface area contributed by atoms with E-state index in [-0.39, 0.29) is 0 Å². The molecule has 3 nitrogen and oxygen atoms in total. The van der Waals surface area contributed by atoms with Crippen molar-refractivity contribution in [2.45, 2.75) is 11.4 Å². The van der Waals surface area contributed by atoms with Crippen LogP contribution in [0.3, 0.4) is 0 Å². The standard InChI is InChI=1S/C17H20N2OS/c1-18-11-12-19(17-6-4-3-5-16(17)18)13-14-7-9-15(10-8-14)21(2)20/h3-10H,11-13H2,1-2H3/t21-/m0/s1. The van der Waals surface area contributed by atoms with Gasteiger partial charge in [-0.15, -0.1) is 0 Å². The number of nitrogens with zero attached hydrogens (tertiary/aromatic N) is 2. The summed E-state index contributed by atoms with van der Waals surface area (Å²) in [6.07, 6.45) is 1.71. The van der Waals surface area contributed by atoms with Gasteiger partial charge in [0.05, 0.1) is 11.4 Å². The first-order valence-corrected chi connectivity index (χ1v) is 8.68. The van der Waals surface area contributed by atoms with Crippen LogP contribution in [0, 0.1) is 0 Å². The Bertz CT molecular complexity index is 654. The van der Waals surface area contributed by atoms with Gasteiger partial charge in [-0.3, -0.25) is 4.21 Å². The van der Waals surface area contributed by atoms with Crippen molar-refractivity contribution in [2.75, 3.05) is 36.2 Å². The average molecular weight is 300 g/mol. The van der Waals surface area contributed by atoms with Crippen molar-refractivity contribution < 1.29 is 4.21 Å². The molecule has 1 atom stereocenters. The Balaban J connectivity index is 1.82. The van der Waals surface area contributed by atoms with E-state index in [1.54, 1.807) is 6.26 Å². The van der Waals surface area contributed by atoms with Gasteiger partial charge in [-0.25, -0.2) is 0 Å². The Morgan fingerprint density at radius 1 is 1.00 bits per heavy atom. The van der Waals surface area contributed by atoms with E-state index < -0.39 is 10.8 Å². The Morgan fingerprint density at radius 3 is 2.33 bits per heavy atom. The van der Waals surface area contributed by atoms with Crippen molar-refractivity contribution in [1.29, 1.82) is 0 Å². The van der Waals surface area contributed by atoms with Crippen LogP contribution in [0.4, 0.5) is 11.4 Å². The minimum absolute atomic E-state index is 0.887. The molecular formula is C17H20N2OS. The van der Waals surface area contributed by atoms with Gasteiger partial charge in [0.2, 0.25) is 0 Å². The fraction of sp³-hybridized carbons (Fsp3) is 0.294. The van der Waals surface area contributed by atoms with Gasteiger partial charge < -0.3 is 9.80 Å². The minimum atomic E-state index is -0.905. The van der Waals surface area contributed by atoms with Crippen LogP contribution < -0.4 is 9.80 Å². The molecule has 0 saturated heterocycles. The summed E-state index contributed by atoms with van der Waals surface area (Å²) < 4.78 is 11.4. The SMILES string of the molecule is CN1CCN(Cc2ccc([S@](C)=O)cc2)c2ccccc21. The number of fused-ring (bicyclic) bond motifs is 1. The molecule has 0 fully saturated rings. The summed E-state index contributed by atoms with van der Waals surface area (Å²) in [4.78, 5) is 5.60. The Morgan fingerprint density at radius 2 is 1.67 bits per heavy atom. The van der Waals surface area contributed by atoms with Gasteiger partial charge in [0.25, 0.3) is 0 Å². The van der Waals surface area contributed by atoms with E-state index in [0.717, 1.165) is 24.5 Å². The summed E-state index contributed by atoms with van der Waals surface area (Å²) in [5.74, 6) is 0. The van der Waals surface area contributed by atoms with Crippen LogP contribution in [0.15, 0.2) is 53.4 Å². The number of likely N-dealkylation sites (N-methyl/N-ethyl adjacent to an activating group) is 1. The largest absolute Gasteiger partial charge is 0.371 e.